The third-order valence-corrected chi connectivity index (χ3v) is 4.51. The highest BCUT2D eigenvalue weighted by atomic mass is 16.7. The Labute approximate surface area is 172 Å². The van der Waals surface area contributed by atoms with E-state index in [2.05, 4.69) is 26.1 Å². The highest BCUT2D eigenvalue weighted by molar-refractivity contribution is 5.90. The molecule has 0 fully saturated rings. The topological polar surface area (TPSA) is 163 Å². The third kappa shape index (κ3) is 9.22. The van der Waals surface area contributed by atoms with Crippen LogP contribution in [0.2, 0.25) is 0 Å². The summed E-state index contributed by atoms with van der Waals surface area (Å²) < 4.78 is 1.77. The lowest BCUT2D eigenvalue weighted by molar-refractivity contribution is -0.0572. The normalized spacial score (nSPS) is 14.3. The summed E-state index contributed by atoms with van der Waals surface area (Å²) in [6.07, 6.45) is 3.05. The average Bonchev–Trinajstić information content (AvgIpc) is 3.07. The van der Waals surface area contributed by atoms with Gasteiger partial charge in [0.05, 0.1) is 29.0 Å². The number of nitrogen functional groups attached to an aromatic ring is 1. The van der Waals surface area contributed by atoms with Crippen LogP contribution >= 0.6 is 0 Å². The van der Waals surface area contributed by atoms with Gasteiger partial charge in [0, 0.05) is 25.5 Å². The summed E-state index contributed by atoms with van der Waals surface area (Å²) in [5.41, 5.74) is 8.63. The van der Waals surface area contributed by atoms with Crippen LogP contribution in [0.5, 0.6) is 0 Å². The lowest BCUT2D eigenvalue weighted by Gasteiger charge is -2.31. The number of nitrogens with one attached hydrogen (secondary N) is 2. The van der Waals surface area contributed by atoms with Gasteiger partial charge in [0.25, 0.3) is 0 Å². The molecule has 1 unspecified atom stereocenters. The van der Waals surface area contributed by atoms with Crippen LogP contribution in [-0.2, 0) is 11.4 Å². The van der Waals surface area contributed by atoms with Crippen molar-refractivity contribution in [2.45, 2.75) is 72.2 Å². The van der Waals surface area contributed by atoms with Crippen molar-refractivity contribution in [2.75, 3.05) is 18.9 Å². The highest BCUT2D eigenvalue weighted by Gasteiger charge is 2.27. The molecule has 0 saturated heterocycles. The Balaban J connectivity index is 0.00000245. The van der Waals surface area contributed by atoms with Gasteiger partial charge in [0.15, 0.2) is 5.95 Å². The predicted octanol–water partition coefficient (Wildman–Crippen LogP) is 1.20. The van der Waals surface area contributed by atoms with Crippen molar-refractivity contribution in [2.24, 2.45) is 10.3 Å². The lowest BCUT2D eigenvalue weighted by Crippen LogP contribution is -2.53. The SMILES string of the molecule is C/C(=N\O)C(C)(C)NCC(Cn1ccnc1N)ONC(C)(C)/C(C)=N/O.CCO. The van der Waals surface area contributed by atoms with E-state index in [0.717, 1.165) is 0 Å². The quantitative estimate of drug-likeness (QED) is 0.189. The number of aliphatic hydroxyl groups excluding tert-OH is 1. The number of rotatable bonds is 10. The molecular weight excluding hydrogens is 378 g/mol. The zero-order chi connectivity index (χ0) is 22.7. The van der Waals surface area contributed by atoms with Crippen LogP contribution in [0.25, 0.3) is 0 Å². The maximum Gasteiger partial charge on any atom is 0.200 e. The molecule has 0 radical (unpaired) electrons. The van der Waals surface area contributed by atoms with Crippen LogP contribution < -0.4 is 16.5 Å². The molecule has 0 saturated carbocycles. The van der Waals surface area contributed by atoms with Crippen LogP contribution in [-0.4, -0.2) is 66.8 Å². The summed E-state index contributed by atoms with van der Waals surface area (Å²) in [4.78, 5) is 9.87. The minimum atomic E-state index is -0.661. The van der Waals surface area contributed by atoms with E-state index in [1.807, 2.05) is 27.7 Å². The van der Waals surface area contributed by atoms with Crippen molar-refractivity contribution in [3.8, 4) is 0 Å². The van der Waals surface area contributed by atoms with E-state index in [0.29, 0.717) is 30.5 Å². The molecule has 0 aromatic carbocycles. The van der Waals surface area contributed by atoms with E-state index in [1.54, 1.807) is 37.7 Å². The van der Waals surface area contributed by atoms with Crippen molar-refractivity contribution in [3.05, 3.63) is 12.4 Å². The van der Waals surface area contributed by atoms with E-state index in [4.69, 9.17) is 26.1 Å². The van der Waals surface area contributed by atoms with Gasteiger partial charge in [-0.05, 0) is 48.5 Å². The van der Waals surface area contributed by atoms with Gasteiger partial charge < -0.3 is 31.1 Å². The van der Waals surface area contributed by atoms with Crippen LogP contribution in [0.3, 0.4) is 0 Å². The number of aliphatic hydroxyl groups is 1. The Bertz CT molecular complexity index is 622. The van der Waals surface area contributed by atoms with Gasteiger partial charge in [-0.2, -0.15) is 5.48 Å². The molecule has 29 heavy (non-hydrogen) atoms. The summed E-state index contributed by atoms with van der Waals surface area (Å²) >= 11 is 0. The first-order valence-corrected chi connectivity index (χ1v) is 9.38. The van der Waals surface area contributed by atoms with Gasteiger partial charge in [0.2, 0.25) is 0 Å². The molecule has 11 heteroatoms. The van der Waals surface area contributed by atoms with E-state index >= 15 is 0 Å². The fourth-order valence-corrected chi connectivity index (χ4v) is 1.91. The fourth-order valence-electron chi connectivity index (χ4n) is 1.91. The van der Waals surface area contributed by atoms with Gasteiger partial charge in [-0.25, -0.2) is 4.98 Å². The second kappa shape index (κ2) is 12.4. The maximum absolute atomic E-state index is 9.02. The first kappa shape index (κ1) is 26.8. The summed E-state index contributed by atoms with van der Waals surface area (Å²) in [6.45, 7) is 13.7. The summed E-state index contributed by atoms with van der Waals surface area (Å²) in [6, 6.07) is 0. The monoisotopic (exact) mass is 415 g/mol. The molecule has 7 N–H and O–H groups in total. The second-order valence-corrected chi connectivity index (χ2v) is 7.60. The van der Waals surface area contributed by atoms with E-state index in [-0.39, 0.29) is 12.7 Å². The highest BCUT2D eigenvalue weighted by Crippen LogP contribution is 2.10. The number of hydroxylamine groups is 1. The fraction of sp³-hybridized carbons (Fsp3) is 0.722. The third-order valence-electron chi connectivity index (χ3n) is 4.51. The molecule has 0 bridgehead atoms. The predicted molar refractivity (Wildman–Crippen MR) is 113 cm³/mol. The van der Waals surface area contributed by atoms with Crippen LogP contribution in [0.15, 0.2) is 22.7 Å². The molecule has 0 spiro atoms. The van der Waals surface area contributed by atoms with E-state index < -0.39 is 11.1 Å². The molecule has 0 aliphatic carbocycles. The zero-order valence-electron chi connectivity index (χ0n) is 18.5. The molecule has 1 heterocycles. The van der Waals surface area contributed by atoms with Gasteiger partial charge in [-0.3, -0.25) is 4.84 Å². The number of hydrogen-bond donors (Lipinski definition) is 6. The van der Waals surface area contributed by atoms with Crippen molar-refractivity contribution < 1.29 is 20.4 Å². The zero-order valence-corrected chi connectivity index (χ0v) is 18.5. The van der Waals surface area contributed by atoms with Crippen molar-refractivity contribution in [3.63, 3.8) is 0 Å². The van der Waals surface area contributed by atoms with Gasteiger partial charge in [-0.1, -0.05) is 10.3 Å². The maximum atomic E-state index is 9.02. The average molecular weight is 416 g/mol. The smallest absolute Gasteiger partial charge is 0.200 e. The Morgan fingerprint density at radius 1 is 1.21 bits per heavy atom. The Hall–Kier alpha value is -2.21. The minimum absolute atomic E-state index is 0.250. The number of anilines is 1. The first-order chi connectivity index (χ1) is 13.4. The molecule has 11 nitrogen and oxygen atoms in total. The number of nitrogens with zero attached hydrogens (tertiary/aromatic N) is 4. The van der Waals surface area contributed by atoms with Gasteiger partial charge in [-0.15, -0.1) is 0 Å². The first-order valence-electron chi connectivity index (χ1n) is 9.38. The minimum Gasteiger partial charge on any atom is -0.411 e. The van der Waals surface area contributed by atoms with Crippen LogP contribution in [0, 0.1) is 0 Å². The van der Waals surface area contributed by atoms with Crippen LogP contribution in [0.1, 0.15) is 48.5 Å². The number of nitrogens with two attached hydrogens (primary N) is 1. The van der Waals surface area contributed by atoms with Gasteiger partial charge >= 0.3 is 0 Å². The summed E-state index contributed by atoms with van der Waals surface area (Å²) in [7, 11) is 0. The molecule has 1 aromatic heterocycles. The van der Waals surface area contributed by atoms with Gasteiger partial charge in [0.1, 0.15) is 6.10 Å². The largest absolute Gasteiger partial charge is 0.411 e. The van der Waals surface area contributed by atoms with Crippen LogP contribution in [0.4, 0.5) is 5.95 Å². The van der Waals surface area contributed by atoms with Crippen molar-refractivity contribution in [1.82, 2.24) is 20.3 Å². The standard InChI is InChI=1S/C16H31N7O3.C2H6O/c1-11(20-24)15(3,4)19-9-13(10-23-8-7-18-14(23)17)26-22-16(5,6)12(2)21-25;1-2-3/h7-8,13,19,22,24-25H,9-10H2,1-6H3,(H2,17,18);3H,2H2,1H3/b20-11+,21-12+;. The number of imidazole rings is 1. The molecule has 1 atom stereocenters. The Morgan fingerprint density at radius 3 is 2.17 bits per heavy atom. The molecule has 0 aliphatic rings. The van der Waals surface area contributed by atoms with E-state index in [9.17, 15) is 0 Å². The molecule has 0 aliphatic heterocycles. The number of aromatic nitrogens is 2. The molecule has 1 rings (SSSR count). The Kier molecular flexibility index (Phi) is 11.4. The molecule has 1 aromatic rings. The second-order valence-electron chi connectivity index (χ2n) is 7.60. The molecule has 168 valence electrons. The van der Waals surface area contributed by atoms with E-state index in [1.165, 1.54) is 0 Å². The molecular formula is C18H37N7O4. The number of hydrogen-bond acceptors (Lipinski definition) is 10. The lowest BCUT2D eigenvalue weighted by atomic mass is 9.99. The Morgan fingerprint density at radius 2 is 1.72 bits per heavy atom. The summed E-state index contributed by atoms with van der Waals surface area (Å²) in [5.74, 6) is 0.387. The van der Waals surface area contributed by atoms with Crippen molar-refractivity contribution >= 4 is 17.4 Å². The number of oxime groups is 2. The molecule has 0 amide bonds. The summed E-state index contributed by atoms with van der Waals surface area (Å²) in [5, 5.41) is 35.4. The van der Waals surface area contributed by atoms with Crippen molar-refractivity contribution in [1.29, 1.82) is 0 Å².